The lowest BCUT2D eigenvalue weighted by molar-refractivity contribution is -0.142. The zero-order valence-electron chi connectivity index (χ0n) is 16.1. The number of halogens is 1. The van der Waals surface area contributed by atoms with Crippen molar-refractivity contribution in [3.8, 4) is 0 Å². The van der Waals surface area contributed by atoms with Gasteiger partial charge in [-0.2, -0.15) is 5.10 Å². The fourth-order valence-electron chi connectivity index (χ4n) is 3.76. The molecule has 0 bridgehead atoms. The number of aromatic nitrogens is 2. The van der Waals surface area contributed by atoms with Crippen LogP contribution in [0.5, 0.6) is 0 Å². The standard InChI is InChI=1S/C20H24FN5O2/c1-3-26-14(2)17(13-22-26)18-12-19(28-23-18)20(27)25-10-8-24(9-11-25)16-6-4-15(21)5-7-16/h4-7,13,19H,3,8-12H2,1-2H3/t19-/m1/s1. The van der Waals surface area contributed by atoms with E-state index in [1.165, 1.54) is 12.1 Å². The summed E-state index contributed by atoms with van der Waals surface area (Å²) in [4.78, 5) is 22.3. The van der Waals surface area contributed by atoms with E-state index >= 15 is 0 Å². The second-order valence-electron chi connectivity index (χ2n) is 7.08. The molecule has 1 aromatic heterocycles. The summed E-state index contributed by atoms with van der Waals surface area (Å²) in [6.45, 7) is 7.46. The van der Waals surface area contributed by atoms with E-state index in [1.54, 1.807) is 18.3 Å². The summed E-state index contributed by atoms with van der Waals surface area (Å²) in [6, 6.07) is 6.46. The highest BCUT2D eigenvalue weighted by Gasteiger charge is 2.34. The molecule has 2 aliphatic heterocycles. The van der Waals surface area contributed by atoms with Crippen molar-refractivity contribution in [2.24, 2.45) is 5.16 Å². The topological polar surface area (TPSA) is 63.0 Å². The minimum atomic E-state index is -0.572. The lowest BCUT2D eigenvalue weighted by Gasteiger charge is -2.36. The molecular formula is C20H24FN5O2. The molecule has 28 heavy (non-hydrogen) atoms. The van der Waals surface area contributed by atoms with Gasteiger partial charge in [-0.25, -0.2) is 4.39 Å². The van der Waals surface area contributed by atoms with Crippen LogP contribution >= 0.6 is 0 Å². The molecule has 0 radical (unpaired) electrons. The fourth-order valence-corrected chi connectivity index (χ4v) is 3.76. The van der Waals surface area contributed by atoms with Gasteiger partial charge in [0, 0.05) is 56.1 Å². The SMILES string of the molecule is CCn1ncc(C2=NO[C@@H](C(=O)N3CCN(c4ccc(F)cc4)CC3)C2)c1C. The first-order valence-corrected chi connectivity index (χ1v) is 9.61. The van der Waals surface area contributed by atoms with E-state index in [9.17, 15) is 9.18 Å². The largest absolute Gasteiger partial charge is 0.382 e. The van der Waals surface area contributed by atoms with Gasteiger partial charge in [-0.3, -0.25) is 9.48 Å². The normalized spacial score (nSPS) is 19.5. The maximum Gasteiger partial charge on any atom is 0.267 e. The molecule has 1 saturated heterocycles. The summed E-state index contributed by atoms with van der Waals surface area (Å²) in [5, 5.41) is 8.49. The number of benzene rings is 1. The molecule has 148 valence electrons. The molecule has 8 heteroatoms. The summed E-state index contributed by atoms with van der Waals surface area (Å²) >= 11 is 0. The zero-order valence-corrected chi connectivity index (χ0v) is 16.1. The van der Waals surface area contributed by atoms with Crippen molar-refractivity contribution in [3.05, 3.63) is 47.5 Å². The van der Waals surface area contributed by atoms with Gasteiger partial charge in [-0.15, -0.1) is 0 Å². The number of piperazine rings is 1. The van der Waals surface area contributed by atoms with Crippen LogP contribution in [0, 0.1) is 12.7 Å². The van der Waals surface area contributed by atoms with Crippen molar-refractivity contribution >= 4 is 17.3 Å². The molecule has 7 nitrogen and oxygen atoms in total. The van der Waals surface area contributed by atoms with Gasteiger partial charge in [-0.05, 0) is 38.1 Å². The molecule has 0 N–H and O–H groups in total. The Morgan fingerprint density at radius 3 is 2.57 bits per heavy atom. The molecule has 1 fully saturated rings. The number of aryl methyl sites for hydroxylation is 1. The average molecular weight is 385 g/mol. The number of hydrogen-bond donors (Lipinski definition) is 0. The van der Waals surface area contributed by atoms with E-state index in [2.05, 4.69) is 15.2 Å². The molecule has 0 saturated carbocycles. The molecule has 0 spiro atoms. The van der Waals surface area contributed by atoms with Gasteiger partial charge >= 0.3 is 0 Å². The van der Waals surface area contributed by atoms with E-state index in [-0.39, 0.29) is 11.7 Å². The van der Waals surface area contributed by atoms with Crippen molar-refractivity contribution < 1.29 is 14.0 Å². The number of anilines is 1. The van der Waals surface area contributed by atoms with Crippen LogP contribution in [0.2, 0.25) is 0 Å². The molecule has 1 amide bonds. The van der Waals surface area contributed by atoms with E-state index in [0.717, 1.165) is 29.2 Å². The van der Waals surface area contributed by atoms with E-state index in [4.69, 9.17) is 4.84 Å². The highest BCUT2D eigenvalue weighted by molar-refractivity contribution is 6.04. The van der Waals surface area contributed by atoms with Gasteiger partial charge in [0.05, 0.1) is 11.9 Å². The van der Waals surface area contributed by atoms with Crippen LogP contribution in [0.15, 0.2) is 35.6 Å². The summed E-state index contributed by atoms with van der Waals surface area (Å²) in [6.07, 6.45) is 1.68. The van der Waals surface area contributed by atoms with Crippen LogP contribution in [0.3, 0.4) is 0 Å². The van der Waals surface area contributed by atoms with Crippen LogP contribution in [0.1, 0.15) is 24.6 Å². The van der Waals surface area contributed by atoms with Gasteiger partial charge < -0.3 is 14.6 Å². The highest BCUT2D eigenvalue weighted by atomic mass is 19.1. The highest BCUT2D eigenvalue weighted by Crippen LogP contribution is 2.22. The molecule has 0 unspecified atom stereocenters. The summed E-state index contributed by atoms with van der Waals surface area (Å²) in [5.74, 6) is -0.274. The third-order valence-electron chi connectivity index (χ3n) is 5.44. The minimum absolute atomic E-state index is 0.0296. The number of nitrogens with zero attached hydrogens (tertiary/aromatic N) is 5. The van der Waals surface area contributed by atoms with Crippen molar-refractivity contribution in [1.29, 1.82) is 0 Å². The first kappa shape index (κ1) is 18.5. The van der Waals surface area contributed by atoms with Gasteiger partial charge in [0.25, 0.3) is 5.91 Å². The first-order valence-electron chi connectivity index (χ1n) is 9.61. The van der Waals surface area contributed by atoms with E-state index in [0.29, 0.717) is 32.6 Å². The van der Waals surface area contributed by atoms with Crippen molar-refractivity contribution in [2.45, 2.75) is 32.9 Å². The number of carbonyl (C=O) groups excluding carboxylic acids is 1. The van der Waals surface area contributed by atoms with Gasteiger partial charge in [-0.1, -0.05) is 5.16 Å². The Hall–Kier alpha value is -2.90. The number of oxime groups is 1. The first-order chi connectivity index (χ1) is 13.6. The lowest BCUT2D eigenvalue weighted by Crippen LogP contribution is -2.51. The quantitative estimate of drug-likeness (QED) is 0.809. The van der Waals surface area contributed by atoms with Crippen LogP contribution in [-0.4, -0.2) is 58.6 Å². The Kier molecular flexibility index (Phi) is 5.02. The predicted octanol–water partition coefficient (Wildman–Crippen LogP) is 2.19. The minimum Gasteiger partial charge on any atom is -0.382 e. The zero-order chi connectivity index (χ0) is 19.7. The van der Waals surface area contributed by atoms with Gasteiger partial charge in [0.15, 0.2) is 0 Å². The molecular weight excluding hydrogens is 361 g/mol. The smallest absolute Gasteiger partial charge is 0.267 e. The number of hydrogen-bond acceptors (Lipinski definition) is 5. The lowest BCUT2D eigenvalue weighted by atomic mass is 10.0. The molecule has 1 atom stereocenters. The molecule has 2 aliphatic rings. The van der Waals surface area contributed by atoms with Crippen LogP contribution in [0.4, 0.5) is 10.1 Å². The summed E-state index contributed by atoms with van der Waals surface area (Å²) in [5.41, 5.74) is 3.73. The molecule has 2 aromatic rings. The number of amides is 1. The second kappa shape index (κ2) is 7.61. The average Bonchev–Trinajstić information content (AvgIpc) is 3.34. The van der Waals surface area contributed by atoms with Crippen LogP contribution in [0.25, 0.3) is 0 Å². The Morgan fingerprint density at radius 2 is 1.93 bits per heavy atom. The van der Waals surface area contributed by atoms with Gasteiger partial charge in [0.1, 0.15) is 5.82 Å². The maximum atomic E-state index is 13.1. The Balaban J connectivity index is 1.34. The fraction of sp³-hybridized carbons (Fsp3) is 0.450. The third kappa shape index (κ3) is 3.46. The van der Waals surface area contributed by atoms with Crippen LogP contribution in [-0.2, 0) is 16.2 Å². The molecule has 3 heterocycles. The Labute approximate surface area is 163 Å². The van der Waals surface area contributed by atoms with Crippen molar-refractivity contribution in [1.82, 2.24) is 14.7 Å². The number of carbonyl (C=O) groups is 1. The van der Waals surface area contributed by atoms with Crippen LogP contribution < -0.4 is 4.90 Å². The summed E-state index contributed by atoms with van der Waals surface area (Å²) < 4.78 is 15.0. The van der Waals surface area contributed by atoms with Crippen molar-refractivity contribution in [2.75, 3.05) is 31.1 Å². The predicted molar refractivity (Wildman–Crippen MR) is 104 cm³/mol. The van der Waals surface area contributed by atoms with E-state index in [1.807, 2.05) is 23.4 Å². The van der Waals surface area contributed by atoms with E-state index < -0.39 is 6.10 Å². The summed E-state index contributed by atoms with van der Waals surface area (Å²) in [7, 11) is 0. The third-order valence-corrected chi connectivity index (χ3v) is 5.44. The Bertz CT molecular complexity index is 885. The maximum absolute atomic E-state index is 13.1. The molecule has 0 aliphatic carbocycles. The van der Waals surface area contributed by atoms with Crippen molar-refractivity contribution in [3.63, 3.8) is 0 Å². The monoisotopic (exact) mass is 385 g/mol. The Morgan fingerprint density at radius 1 is 1.21 bits per heavy atom. The molecule has 1 aromatic carbocycles. The number of rotatable bonds is 4. The van der Waals surface area contributed by atoms with Gasteiger partial charge in [0.2, 0.25) is 6.10 Å². The second-order valence-corrected chi connectivity index (χ2v) is 7.08. The molecule has 4 rings (SSSR count).